The minimum Gasteiger partial charge on any atom is -0.457 e. The van der Waals surface area contributed by atoms with Gasteiger partial charge >= 0.3 is 12.3 Å². The van der Waals surface area contributed by atoms with Gasteiger partial charge in [-0.1, -0.05) is 37.1 Å². The topological polar surface area (TPSA) is 89.5 Å². The van der Waals surface area contributed by atoms with Crippen molar-refractivity contribution in [2.24, 2.45) is 5.92 Å². The molecule has 8 nitrogen and oxygen atoms in total. The summed E-state index contributed by atoms with van der Waals surface area (Å²) in [4.78, 5) is 23.3. The Labute approximate surface area is 208 Å². The molecule has 2 atom stereocenters. The summed E-state index contributed by atoms with van der Waals surface area (Å²) in [6, 6.07) is 3.89. The molecule has 35 heavy (non-hydrogen) atoms. The predicted molar refractivity (Wildman–Crippen MR) is 132 cm³/mol. The van der Waals surface area contributed by atoms with Crippen LogP contribution in [0.15, 0.2) is 35.9 Å². The zero-order valence-electron chi connectivity index (χ0n) is 21.5. The molecule has 0 bridgehead atoms. The van der Waals surface area contributed by atoms with E-state index >= 15 is 0 Å². The first kappa shape index (κ1) is 28.1. The number of carbonyl (C=O) groups is 2. The van der Waals surface area contributed by atoms with Gasteiger partial charge in [-0.3, -0.25) is 0 Å². The minimum atomic E-state index is -0.800. The van der Waals surface area contributed by atoms with Crippen molar-refractivity contribution in [1.29, 1.82) is 0 Å². The molecule has 0 amide bonds. The monoisotopic (exact) mass is 490 g/mol. The van der Waals surface area contributed by atoms with Crippen molar-refractivity contribution in [2.75, 3.05) is 26.8 Å². The van der Waals surface area contributed by atoms with Crippen LogP contribution in [-0.2, 0) is 25.4 Å². The Morgan fingerprint density at radius 1 is 0.943 bits per heavy atom. The summed E-state index contributed by atoms with van der Waals surface area (Å²) in [5.41, 5.74) is 4.08. The number of rotatable bonds is 12. The summed E-state index contributed by atoms with van der Waals surface area (Å²) in [6.07, 6.45) is 4.22. The van der Waals surface area contributed by atoms with Crippen LogP contribution in [-0.4, -0.2) is 39.1 Å². The predicted octanol–water partition coefficient (Wildman–Crippen LogP) is 6.67. The second-order valence-corrected chi connectivity index (χ2v) is 8.47. The molecular formula is C27H38O8. The SMILES string of the molecule is C=C(C)C1CCC(C)=CC1c1c(OCOC(=O)OCC)cc(CCC)cc1OCOC(=O)OCC. The van der Waals surface area contributed by atoms with E-state index in [1.165, 1.54) is 5.57 Å². The van der Waals surface area contributed by atoms with E-state index in [2.05, 4.69) is 26.5 Å². The maximum Gasteiger partial charge on any atom is 0.511 e. The molecule has 0 saturated carbocycles. The average Bonchev–Trinajstić information content (AvgIpc) is 2.79. The van der Waals surface area contributed by atoms with Crippen molar-refractivity contribution in [3.8, 4) is 11.5 Å². The van der Waals surface area contributed by atoms with Crippen LogP contribution < -0.4 is 9.47 Å². The van der Waals surface area contributed by atoms with Gasteiger partial charge in [0, 0.05) is 11.5 Å². The third-order valence-electron chi connectivity index (χ3n) is 5.72. The summed E-state index contributed by atoms with van der Waals surface area (Å²) in [6.45, 7) is 13.6. The molecular weight excluding hydrogens is 452 g/mol. The number of benzene rings is 1. The quantitative estimate of drug-likeness (QED) is 0.182. The molecule has 8 heteroatoms. The Hall–Kier alpha value is -3.16. The van der Waals surface area contributed by atoms with Crippen LogP contribution >= 0.6 is 0 Å². The number of ether oxygens (including phenoxy) is 6. The highest BCUT2D eigenvalue weighted by molar-refractivity contribution is 5.60. The standard InChI is InChI=1S/C27H38O8/c1-7-10-20-14-23(32-16-34-26(28)30-8-2)25(22-13-19(6)11-12-21(22)18(4)5)24(15-20)33-17-35-27(29)31-9-3/h13-15,21-22H,4,7-12,16-17H2,1-3,5-6H3. The molecule has 1 aromatic carbocycles. The molecule has 1 aliphatic carbocycles. The number of allylic oxidation sites excluding steroid dienone is 3. The zero-order chi connectivity index (χ0) is 25.8. The number of carbonyl (C=O) groups excluding carboxylic acids is 2. The van der Waals surface area contributed by atoms with Crippen molar-refractivity contribution in [2.45, 2.75) is 66.2 Å². The van der Waals surface area contributed by atoms with Gasteiger partial charge in [0.2, 0.25) is 13.6 Å². The van der Waals surface area contributed by atoms with E-state index in [9.17, 15) is 9.59 Å². The lowest BCUT2D eigenvalue weighted by atomic mass is 9.73. The summed E-state index contributed by atoms with van der Waals surface area (Å²) in [5, 5.41) is 0. The molecule has 2 rings (SSSR count). The van der Waals surface area contributed by atoms with Gasteiger partial charge in [0.25, 0.3) is 0 Å². The summed E-state index contributed by atoms with van der Waals surface area (Å²) in [7, 11) is 0. The highest BCUT2D eigenvalue weighted by atomic mass is 16.8. The van der Waals surface area contributed by atoms with E-state index in [1.807, 2.05) is 19.1 Å². The lowest BCUT2D eigenvalue weighted by Crippen LogP contribution is -2.20. The molecule has 0 saturated heterocycles. The van der Waals surface area contributed by atoms with Gasteiger partial charge in [0.15, 0.2) is 0 Å². The summed E-state index contributed by atoms with van der Waals surface area (Å²) < 4.78 is 31.7. The second kappa shape index (κ2) is 14.3. The summed E-state index contributed by atoms with van der Waals surface area (Å²) in [5.74, 6) is 1.16. The number of hydrogen-bond acceptors (Lipinski definition) is 8. The molecule has 2 unspecified atom stereocenters. The Balaban J connectivity index is 2.48. The molecule has 0 N–H and O–H groups in total. The van der Waals surface area contributed by atoms with E-state index in [-0.39, 0.29) is 38.6 Å². The zero-order valence-corrected chi connectivity index (χ0v) is 21.5. The first-order chi connectivity index (χ1) is 16.8. The third kappa shape index (κ3) is 8.53. The van der Waals surface area contributed by atoms with Crippen molar-refractivity contribution in [3.05, 3.63) is 47.1 Å². The van der Waals surface area contributed by atoms with Gasteiger partial charge in [-0.2, -0.15) is 0 Å². The van der Waals surface area contributed by atoms with Crippen LogP contribution in [0.3, 0.4) is 0 Å². The highest BCUT2D eigenvalue weighted by Crippen LogP contribution is 2.47. The molecule has 0 heterocycles. The molecule has 0 radical (unpaired) electrons. The van der Waals surface area contributed by atoms with E-state index in [4.69, 9.17) is 28.4 Å². The van der Waals surface area contributed by atoms with Gasteiger partial charge in [0.1, 0.15) is 11.5 Å². The minimum absolute atomic E-state index is 0.0767. The average molecular weight is 491 g/mol. The van der Waals surface area contributed by atoms with Crippen LogP contribution in [0.25, 0.3) is 0 Å². The maximum atomic E-state index is 11.7. The Kier molecular flexibility index (Phi) is 11.5. The summed E-state index contributed by atoms with van der Waals surface area (Å²) >= 11 is 0. The fraction of sp³-hybridized carbons (Fsp3) is 0.556. The lowest BCUT2D eigenvalue weighted by molar-refractivity contribution is 0.00431. The van der Waals surface area contributed by atoms with Crippen molar-refractivity contribution >= 4 is 12.3 Å². The van der Waals surface area contributed by atoms with Gasteiger partial charge in [-0.05, 0) is 70.6 Å². The largest absolute Gasteiger partial charge is 0.511 e. The molecule has 194 valence electrons. The van der Waals surface area contributed by atoms with Crippen molar-refractivity contribution in [1.82, 2.24) is 0 Å². The molecule has 1 aromatic rings. The number of aryl methyl sites for hydroxylation is 1. The Bertz CT molecular complexity index is 859. The van der Waals surface area contributed by atoms with Crippen molar-refractivity contribution in [3.63, 3.8) is 0 Å². The molecule has 0 spiro atoms. The van der Waals surface area contributed by atoms with Crippen LogP contribution in [0.4, 0.5) is 9.59 Å². The van der Waals surface area contributed by atoms with Crippen LogP contribution in [0.1, 0.15) is 70.9 Å². The van der Waals surface area contributed by atoms with Gasteiger partial charge in [-0.25, -0.2) is 9.59 Å². The normalized spacial score (nSPS) is 17.1. The first-order valence-electron chi connectivity index (χ1n) is 12.1. The fourth-order valence-corrected chi connectivity index (χ4v) is 4.16. The maximum absolute atomic E-state index is 11.7. The van der Waals surface area contributed by atoms with E-state index < -0.39 is 12.3 Å². The van der Waals surface area contributed by atoms with Crippen LogP contribution in [0, 0.1) is 5.92 Å². The van der Waals surface area contributed by atoms with Gasteiger partial charge in [-0.15, -0.1) is 0 Å². The molecule has 0 aromatic heterocycles. The number of hydrogen-bond donors (Lipinski definition) is 0. The fourth-order valence-electron chi connectivity index (χ4n) is 4.16. The van der Waals surface area contributed by atoms with E-state index in [0.717, 1.165) is 42.4 Å². The van der Waals surface area contributed by atoms with E-state index in [0.29, 0.717) is 11.5 Å². The van der Waals surface area contributed by atoms with Crippen LogP contribution in [0.2, 0.25) is 0 Å². The molecule has 0 aliphatic heterocycles. The molecule has 1 aliphatic rings. The Morgan fingerprint density at radius 3 is 1.94 bits per heavy atom. The van der Waals surface area contributed by atoms with E-state index in [1.54, 1.807) is 13.8 Å². The van der Waals surface area contributed by atoms with Gasteiger partial charge < -0.3 is 28.4 Å². The second-order valence-electron chi connectivity index (χ2n) is 8.47. The molecule has 0 fully saturated rings. The Morgan fingerprint density at radius 2 is 1.49 bits per heavy atom. The van der Waals surface area contributed by atoms with Crippen LogP contribution in [0.5, 0.6) is 11.5 Å². The smallest absolute Gasteiger partial charge is 0.457 e. The van der Waals surface area contributed by atoms with Gasteiger partial charge in [0.05, 0.1) is 13.2 Å². The highest BCUT2D eigenvalue weighted by Gasteiger charge is 2.31. The third-order valence-corrected chi connectivity index (χ3v) is 5.72. The van der Waals surface area contributed by atoms with Crippen molar-refractivity contribution < 1.29 is 38.0 Å². The lowest BCUT2D eigenvalue weighted by Gasteiger charge is -2.33. The first-order valence-corrected chi connectivity index (χ1v) is 12.1.